The van der Waals surface area contributed by atoms with Crippen LogP contribution in [0.1, 0.15) is 33.1 Å². The summed E-state index contributed by atoms with van der Waals surface area (Å²) in [6.07, 6.45) is 4.64. The molecule has 0 spiro atoms. The summed E-state index contributed by atoms with van der Waals surface area (Å²) in [5.74, 6) is 1.31. The van der Waals surface area contributed by atoms with Crippen LogP contribution >= 0.6 is 0 Å². The Hall–Kier alpha value is -0.500. The predicted octanol–water partition coefficient (Wildman–Crippen LogP) is 2.09. The summed E-state index contributed by atoms with van der Waals surface area (Å²) in [6.45, 7) is 4.93. The molecule has 1 N–H and O–H groups in total. The average molecular weight is 170 g/mol. The Balaban J connectivity index is 2.34. The number of allylic oxidation sites excluding steroid dienone is 1. The van der Waals surface area contributed by atoms with E-state index in [1.54, 1.807) is 0 Å². The molecule has 0 fully saturated rings. The molecule has 0 aliphatic heterocycles. The van der Waals surface area contributed by atoms with Gasteiger partial charge >= 0.3 is 0 Å². The number of ether oxygens (including phenoxy) is 1. The van der Waals surface area contributed by atoms with Crippen molar-refractivity contribution in [1.82, 2.24) is 0 Å². The summed E-state index contributed by atoms with van der Waals surface area (Å²) in [5.41, 5.74) is 0. The van der Waals surface area contributed by atoms with Crippen molar-refractivity contribution in [2.75, 3.05) is 6.61 Å². The average Bonchev–Trinajstić information content (AvgIpc) is 2.03. The maximum atomic E-state index is 9.49. The van der Waals surface area contributed by atoms with Crippen LogP contribution in [0.5, 0.6) is 0 Å². The first-order chi connectivity index (χ1) is 5.70. The van der Waals surface area contributed by atoms with E-state index in [4.69, 9.17) is 4.74 Å². The standard InChI is InChI=1S/C10H18O2/c1-8(2)7-12-10-6-4-3-5-9(10)11/h6,8-9,11H,3-5,7H2,1-2H3/t9-/m0/s1. The number of rotatable bonds is 3. The summed E-state index contributed by atoms with van der Waals surface area (Å²) in [6, 6.07) is 0. The van der Waals surface area contributed by atoms with Gasteiger partial charge in [0.05, 0.1) is 6.61 Å². The molecule has 0 heterocycles. The third-order valence-electron chi connectivity index (χ3n) is 1.94. The van der Waals surface area contributed by atoms with Gasteiger partial charge in [0, 0.05) is 0 Å². The molecule has 0 amide bonds. The summed E-state index contributed by atoms with van der Waals surface area (Å²) in [4.78, 5) is 0. The summed E-state index contributed by atoms with van der Waals surface area (Å²) in [5, 5.41) is 9.49. The first-order valence-corrected chi connectivity index (χ1v) is 4.71. The lowest BCUT2D eigenvalue weighted by Crippen LogP contribution is -2.17. The van der Waals surface area contributed by atoms with Crippen molar-refractivity contribution in [1.29, 1.82) is 0 Å². The van der Waals surface area contributed by atoms with E-state index in [1.807, 2.05) is 6.08 Å². The number of aliphatic hydroxyl groups is 1. The van der Waals surface area contributed by atoms with Gasteiger partial charge in [-0.25, -0.2) is 0 Å². The van der Waals surface area contributed by atoms with Crippen molar-refractivity contribution >= 4 is 0 Å². The van der Waals surface area contributed by atoms with Gasteiger partial charge in [0.2, 0.25) is 0 Å². The molecule has 1 aliphatic rings. The van der Waals surface area contributed by atoms with Crippen molar-refractivity contribution in [3.63, 3.8) is 0 Å². The van der Waals surface area contributed by atoms with E-state index in [0.717, 1.165) is 25.0 Å². The maximum Gasteiger partial charge on any atom is 0.120 e. The van der Waals surface area contributed by atoms with Crippen LogP contribution in [0.15, 0.2) is 11.8 Å². The van der Waals surface area contributed by atoms with Gasteiger partial charge in [-0.05, 0) is 31.3 Å². The molecular formula is C10H18O2. The summed E-state index contributed by atoms with van der Waals surface area (Å²) < 4.78 is 5.47. The molecular weight excluding hydrogens is 152 g/mol. The second kappa shape index (κ2) is 4.51. The molecule has 1 rings (SSSR count). The number of hydrogen-bond acceptors (Lipinski definition) is 2. The van der Waals surface area contributed by atoms with Crippen molar-refractivity contribution in [3.05, 3.63) is 11.8 Å². The normalized spacial score (nSPS) is 24.0. The highest BCUT2D eigenvalue weighted by molar-refractivity contribution is 5.03. The summed E-state index contributed by atoms with van der Waals surface area (Å²) >= 11 is 0. The topological polar surface area (TPSA) is 29.5 Å². The number of hydrogen-bond donors (Lipinski definition) is 1. The molecule has 1 aliphatic carbocycles. The third-order valence-corrected chi connectivity index (χ3v) is 1.94. The van der Waals surface area contributed by atoms with E-state index in [2.05, 4.69) is 13.8 Å². The molecule has 70 valence electrons. The van der Waals surface area contributed by atoms with Crippen molar-refractivity contribution < 1.29 is 9.84 Å². The molecule has 0 saturated heterocycles. The fraction of sp³-hybridized carbons (Fsp3) is 0.800. The van der Waals surface area contributed by atoms with E-state index < -0.39 is 0 Å². The zero-order valence-corrected chi connectivity index (χ0v) is 7.92. The maximum absolute atomic E-state index is 9.49. The van der Waals surface area contributed by atoms with E-state index in [0.29, 0.717) is 12.5 Å². The minimum atomic E-state index is -0.350. The second-order valence-corrected chi connectivity index (χ2v) is 3.76. The van der Waals surface area contributed by atoms with Gasteiger partial charge in [0.15, 0.2) is 0 Å². The third kappa shape index (κ3) is 2.86. The summed E-state index contributed by atoms with van der Waals surface area (Å²) in [7, 11) is 0. The van der Waals surface area contributed by atoms with Crippen molar-refractivity contribution in [2.45, 2.75) is 39.2 Å². The predicted molar refractivity (Wildman–Crippen MR) is 48.7 cm³/mol. The zero-order chi connectivity index (χ0) is 8.97. The molecule has 0 aromatic heterocycles. The Morgan fingerprint density at radius 3 is 3.00 bits per heavy atom. The van der Waals surface area contributed by atoms with Crippen LogP contribution in [0, 0.1) is 5.92 Å². The van der Waals surface area contributed by atoms with Gasteiger partial charge in [0.1, 0.15) is 11.9 Å². The van der Waals surface area contributed by atoms with Crippen molar-refractivity contribution in [3.8, 4) is 0 Å². The molecule has 0 saturated carbocycles. The van der Waals surface area contributed by atoms with Crippen LogP contribution in [-0.4, -0.2) is 17.8 Å². The molecule has 0 radical (unpaired) electrons. The second-order valence-electron chi connectivity index (χ2n) is 3.76. The van der Waals surface area contributed by atoms with E-state index in [-0.39, 0.29) is 6.10 Å². The molecule has 0 bridgehead atoms. The Kier molecular flexibility index (Phi) is 3.60. The highest BCUT2D eigenvalue weighted by Crippen LogP contribution is 2.19. The Morgan fingerprint density at radius 2 is 2.42 bits per heavy atom. The zero-order valence-electron chi connectivity index (χ0n) is 7.92. The monoisotopic (exact) mass is 170 g/mol. The van der Waals surface area contributed by atoms with Crippen LogP contribution in [0.2, 0.25) is 0 Å². The van der Waals surface area contributed by atoms with Crippen LogP contribution in [-0.2, 0) is 4.74 Å². The molecule has 0 aromatic carbocycles. The Labute approximate surface area is 74.2 Å². The molecule has 12 heavy (non-hydrogen) atoms. The fourth-order valence-electron chi connectivity index (χ4n) is 1.25. The SMILES string of the molecule is CC(C)COC1=CCCC[C@@H]1O. The number of aliphatic hydroxyl groups excluding tert-OH is 1. The smallest absolute Gasteiger partial charge is 0.120 e. The minimum absolute atomic E-state index is 0.350. The van der Waals surface area contributed by atoms with Gasteiger partial charge in [-0.2, -0.15) is 0 Å². The lowest BCUT2D eigenvalue weighted by molar-refractivity contribution is 0.0770. The van der Waals surface area contributed by atoms with E-state index in [1.165, 1.54) is 0 Å². The van der Waals surface area contributed by atoms with Gasteiger partial charge in [-0.1, -0.05) is 13.8 Å². The van der Waals surface area contributed by atoms with Gasteiger partial charge in [0.25, 0.3) is 0 Å². The highest BCUT2D eigenvalue weighted by Gasteiger charge is 2.15. The molecule has 0 aromatic rings. The molecule has 0 unspecified atom stereocenters. The highest BCUT2D eigenvalue weighted by atomic mass is 16.5. The molecule has 2 nitrogen and oxygen atoms in total. The quantitative estimate of drug-likeness (QED) is 0.702. The van der Waals surface area contributed by atoms with Crippen LogP contribution < -0.4 is 0 Å². The largest absolute Gasteiger partial charge is 0.495 e. The lowest BCUT2D eigenvalue weighted by Gasteiger charge is -2.20. The lowest BCUT2D eigenvalue weighted by atomic mass is 10.0. The fourth-order valence-corrected chi connectivity index (χ4v) is 1.25. The Bertz CT molecular complexity index is 161. The first kappa shape index (κ1) is 9.59. The van der Waals surface area contributed by atoms with E-state index >= 15 is 0 Å². The van der Waals surface area contributed by atoms with Gasteiger partial charge < -0.3 is 9.84 Å². The Morgan fingerprint density at radius 1 is 1.67 bits per heavy atom. The van der Waals surface area contributed by atoms with Crippen molar-refractivity contribution in [2.24, 2.45) is 5.92 Å². The van der Waals surface area contributed by atoms with Crippen LogP contribution in [0.4, 0.5) is 0 Å². The molecule has 2 heteroatoms. The minimum Gasteiger partial charge on any atom is -0.495 e. The molecule has 1 atom stereocenters. The van der Waals surface area contributed by atoms with Gasteiger partial charge in [-0.3, -0.25) is 0 Å². The van der Waals surface area contributed by atoms with Crippen LogP contribution in [0.25, 0.3) is 0 Å². The van der Waals surface area contributed by atoms with Gasteiger partial charge in [-0.15, -0.1) is 0 Å². The van der Waals surface area contributed by atoms with E-state index in [9.17, 15) is 5.11 Å². The van der Waals surface area contributed by atoms with Crippen LogP contribution in [0.3, 0.4) is 0 Å². The first-order valence-electron chi connectivity index (χ1n) is 4.71.